The van der Waals surface area contributed by atoms with Crippen LogP contribution >= 0.6 is 0 Å². The number of imide groups is 1. The number of amides is 5. The number of carbonyl (C=O) groups is 4. The van der Waals surface area contributed by atoms with Gasteiger partial charge in [0.1, 0.15) is 60.9 Å². The molecule has 50 heavy (non-hydrogen) atoms. The van der Waals surface area contributed by atoms with Crippen LogP contribution in [-0.2, 0) is 33.3 Å². The van der Waals surface area contributed by atoms with Crippen LogP contribution in [0.5, 0.6) is 0 Å². The molecule has 4 aliphatic heterocycles. The van der Waals surface area contributed by atoms with Crippen LogP contribution in [0.4, 0.5) is 4.79 Å². The molecule has 4 aliphatic rings. The highest BCUT2D eigenvalue weighted by Crippen LogP contribution is 2.33. The number of urea groups is 1. The van der Waals surface area contributed by atoms with Gasteiger partial charge < -0.3 is 70.4 Å². The van der Waals surface area contributed by atoms with E-state index < -0.39 is 129 Å². The highest BCUT2D eigenvalue weighted by atomic mass is 16.8. The lowest BCUT2D eigenvalue weighted by Gasteiger charge is -2.47. The highest BCUT2D eigenvalue weighted by molar-refractivity contribution is 5.96. The van der Waals surface area contributed by atoms with Gasteiger partial charge in [0.25, 0.3) is 0 Å². The average Bonchev–Trinajstić information content (AvgIpc) is 3.34. The molecular formula is C30H48N4O16. The lowest BCUT2D eigenvalue weighted by molar-refractivity contribution is -0.346. The first-order chi connectivity index (χ1) is 23.5. The molecule has 20 nitrogen and oxygen atoms in total. The fraction of sp³-hybridized carbons (Fsp3) is 0.800. The topological polar surface area (TPSA) is 306 Å². The van der Waals surface area contributed by atoms with Crippen molar-refractivity contribution in [1.82, 2.24) is 20.9 Å². The average molecular weight is 721 g/mol. The number of aliphatic hydroxyl groups excluding tert-OH is 8. The summed E-state index contributed by atoms with van der Waals surface area (Å²) in [4.78, 5) is 49.7. The summed E-state index contributed by atoms with van der Waals surface area (Å²) in [5, 5.41) is 92.6. The highest BCUT2D eigenvalue weighted by Gasteiger charge is 2.54. The molecule has 0 bridgehead atoms. The standard InChI is InChI=1S/C30H48N4O16/c1-11(2)5-4-6-16(38)32-19-23(43)20(40)14(47-29(19)50-28-18(31-12(3)36)22(42)21(41)15(10-35)48-28)9-13(37)26-24(44)25(45)27(49-26)34-8-7-17(39)33-30(34)46/h4,6,11,13-15,18-29,35,37,40-45H,5,7-10H2,1-3H3,(H,31,36)(H,32,38)(H,33,39,46)/b6-4+/t13?,14-,15+,18+,19-,20+,21+,22+,23-,24+,25-,26-,27-,28?,29+/m1/s1. The van der Waals surface area contributed by atoms with Gasteiger partial charge in [-0.1, -0.05) is 19.9 Å². The fourth-order valence-corrected chi connectivity index (χ4v) is 6.23. The summed E-state index contributed by atoms with van der Waals surface area (Å²) in [7, 11) is 0. The van der Waals surface area contributed by atoms with E-state index in [0.717, 1.165) is 11.8 Å². The molecule has 0 aromatic carbocycles. The number of allylic oxidation sites excluding steroid dienone is 1. The smallest absolute Gasteiger partial charge is 0.326 e. The van der Waals surface area contributed by atoms with Gasteiger partial charge in [0.15, 0.2) is 18.8 Å². The van der Waals surface area contributed by atoms with Crippen LogP contribution in [0.15, 0.2) is 12.2 Å². The fourth-order valence-electron chi connectivity index (χ4n) is 6.23. The van der Waals surface area contributed by atoms with E-state index in [0.29, 0.717) is 6.42 Å². The lowest BCUT2D eigenvalue weighted by atomic mass is 9.91. The summed E-state index contributed by atoms with van der Waals surface area (Å²) in [5.41, 5.74) is 0. The van der Waals surface area contributed by atoms with Gasteiger partial charge in [-0.25, -0.2) is 4.79 Å². The number of hydrogen-bond acceptors (Lipinski definition) is 16. The maximum Gasteiger partial charge on any atom is 0.326 e. The molecule has 284 valence electrons. The molecule has 0 spiro atoms. The van der Waals surface area contributed by atoms with E-state index in [-0.39, 0.29) is 18.9 Å². The van der Waals surface area contributed by atoms with Crippen LogP contribution in [0.3, 0.4) is 0 Å². The third kappa shape index (κ3) is 9.13. The van der Waals surface area contributed by atoms with Gasteiger partial charge in [-0.15, -0.1) is 0 Å². The normalized spacial score (nSPS) is 40.2. The minimum Gasteiger partial charge on any atom is -0.394 e. The summed E-state index contributed by atoms with van der Waals surface area (Å²) >= 11 is 0. The van der Waals surface area contributed by atoms with Gasteiger partial charge >= 0.3 is 6.03 Å². The summed E-state index contributed by atoms with van der Waals surface area (Å²) in [5.74, 6) is -1.69. The molecule has 4 saturated heterocycles. The summed E-state index contributed by atoms with van der Waals surface area (Å²) in [6.07, 6.45) is -18.9. The summed E-state index contributed by atoms with van der Waals surface area (Å²) in [6.45, 7) is 4.06. The second kappa shape index (κ2) is 17.1. The van der Waals surface area contributed by atoms with E-state index in [4.69, 9.17) is 18.9 Å². The zero-order valence-electron chi connectivity index (χ0n) is 27.7. The number of hydrogen-bond donors (Lipinski definition) is 11. The SMILES string of the molecule is CC(=O)N[C@@H]1C(O[C@@H]2O[C@H](CC(O)[C@H]3O[C@@H](N4CCC(=O)NC4=O)[C@H](O)[C@@H]3O)[C@H](O)[C@H](O)[C@H]2NC(=O)/C=C/CC(C)C)O[C@@H](CO)[C@H](O)[C@H]1O. The van der Waals surface area contributed by atoms with Gasteiger partial charge in [0.05, 0.1) is 18.8 Å². The Hall–Kier alpha value is -2.86. The number of aliphatic hydroxyl groups is 8. The third-order valence-corrected chi connectivity index (χ3v) is 8.93. The van der Waals surface area contributed by atoms with E-state index in [2.05, 4.69) is 16.0 Å². The van der Waals surface area contributed by atoms with Crippen molar-refractivity contribution in [3.8, 4) is 0 Å². The molecule has 11 N–H and O–H groups in total. The molecule has 15 atom stereocenters. The Balaban J connectivity index is 1.55. The van der Waals surface area contributed by atoms with Crippen molar-refractivity contribution in [3.05, 3.63) is 12.2 Å². The van der Waals surface area contributed by atoms with E-state index >= 15 is 0 Å². The predicted octanol–water partition coefficient (Wildman–Crippen LogP) is -5.38. The van der Waals surface area contributed by atoms with E-state index in [1.165, 1.54) is 6.08 Å². The van der Waals surface area contributed by atoms with Crippen molar-refractivity contribution >= 4 is 23.8 Å². The number of carbonyl (C=O) groups excluding carboxylic acids is 4. The first-order valence-electron chi connectivity index (χ1n) is 16.4. The van der Waals surface area contributed by atoms with Crippen molar-refractivity contribution in [2.24, 2.45) is 5.92 Å². The van der Waals surface area contributed by atoms with Gasteiger partial charge in [-0.05, 0) is 18.4 Å². The van der Waals surface area contributed by atoms with Crippen molar-refractivity contribution in [2.45, 2.75) is 132 Å². The van der Waals surface area contributed by atoms with Crippen LogP contribution in [0.1, 0.15) is 40.0 Å². The maximum atomic E-state index is 12.8. The van der Waals surface area contributed by atoms with Gasteiger partial charge in [0, 0.05) is 26.3 Å². The monoisotopic (exact) mass is 720 g/mol. The van der Waals surface area contributed by atoms with E-state index in [1.54, 1.807) is 6.08 Å². The molecule has 0 radical (unpaired) electrons. The Bertz CT molecular complexity index is 1240. The number of nitrogens with zero attached hydrogens (tertiary/aromatic N) is 1. The minimum atomic E-state index is -1.84. The van der Waals surface area contributed by atoms with Crippen LogP contribution in [-0.4, -0.2) is 175 Å². The Morgan fingerprint density at radius 2 is 1.52 bits per heavy atom. The Morgan fingerprint density at radius 3 is 2.10 bits per heavy atom. The quantitative estimate of drug-likeness (QED) is 0.0839. The molecule has 2 unspecified atom stereocenters. The van der Waals surface area contributed by atoms with Gasteiger partial charge in [-0.2, -0.15) is 0 Å². The summed E-state index contributed by atoms with van der Waals surface area (Å²) in [6, 6.07) is -3.86. The lowest BCUT2D eigenvalue weighted by Crippen LogP contribution is -2.68. The minimum absolute atomic E-state index is 0.100. The Kier molecular flexibility index (Phi) is 13.7. The largest absolute Gasteiger partial charge is 0.394 e. The first-order valence-corrected chi connectivity index (χ1v) is 16.4. The van der Waals surface area contributed by atoms with Crippen LogP contribution in [0, 0.1) is 5.92 Å². The molecule has 4 rings (SSSR count). The van der Waals surface area contributed by atoms with Gasteiger partial charge in [0.2, 0.25) is 17.7 Å². The zero-order valence-corrected chi connectivity index (χ0v) is 27.7. The molecule has 5 amide bonds. The van der Waals surface area contributed by atoms with Crippen LogP contribution in [0.25, 0.3) is 0 Å². The second-order valence-corrected chi connectivity index (χ2v) is 13.2. The van der Waals surface area contributed by atoms with Crippen molar-refractivity contribution in [1.29, 1.82) is 0 Å². The number of ether oxygens (including phenoxy) is 4. The molecule has 0 aromatic rings. The molecule has 0 aromatic heterocycles. The number of nitrogens with one attached hydrogen (secondary N) is 3. The van der Waals surface area contributed by atoms with Crippen molar-refractivity contribution in [3.63, 3.8) is 0 Å². The first kappa shape index (κ1) is 39.9. The van der Waals surface area contributed by atoms with Crippen LogP contribution in [0.2, 0.25) is 0 Å². The Morgan fingerprint density at radius 1 is 0.920 bits per heavy atom. The molecular weight excluding hydrogens is 672 g/mol. The maximum absolute atomic E-state index is 12.8. The van der Waals surface area contributed by atoms with Crippen molar-refractivity contribution < 1.29 is 79.0 Å². The molecule has 0 aliphatic carbocycles. The Labute approximate surface area is 286 Å². The zero-order chi connectivity index (χ0) is 37.0. The second-order valence-electron chi connectivity index (χ2n) is 13.2. The molecule has 0 saturated carbocycles. The molecule has 4 fully saturated rings. The van der Waals surface area contributed by atoms with Crippen molar-refractivity contribution in [2.75, 3.05) is 13.2 Å². The summed E-state index contributed by atoms with van der Waals surface area (Å²) < 4.78 is 23.1. The van der Waals surface area contributed by atoms with Crippen LogP contribution < -0.4 is 16.0 Å². The van der Waals surface area contributed by atoms with E-state index in [1.807, 2.05) is 13.8 Å². The predicted molar refractivity (Wildman–Crippen MR) is 164 cm³/mol. The van der Waals surface area contributed by atoms with E-state index in [9.17, 15) is 60.0 Å². The molecule has 20 heteroatoms. The van der Waals surface area contributed by atoms with Gasteiger partial charge in [-0.3, -0.25) is 24.6 Å². The third-order valence-electron chi connectivity index (χ3n) is 8.93. The molecule has 4 heterocycles. The number of rotatable bonds is 12.